The standard InChI is InChI=1S/C7H13NO3/c9-5-11-7(10)6-2-1-3-8-4-6/h6,8-9H,1-5H2. The van der Waals surface area contributed by atoms with Crippen LogP contribution in [0, 0.1) is 5.92 Å². The molecule has 0 aromatic carbocycles. The molecule has 0 bridgehead atoms. The van der Waals surface area contributed by atoms with Gasteiger partial charge in [-0.2, -0.15) is 0 Å². The number of aliphatic hydroxyl groups excluding tert-OH is 1. The Morgan fingerprint density at radius 3 is 3.09 bits per heavy atom. The molecule has 1 fully saturated rings. The highest BCUT2D eigenvalue weighted by molar-refractivity contribution is 5.72. The number of carbonyl (C=O) groups excluding carboxylic acids is 1. The lowest BCUT2D eigenvalue weighted by molar-refractivity contribution is -0.157. The topological polar surface area (TPSA) is 58.6 Å². The normalized spacial score (nSPS) is 24.6. The van der Waals surface area contributed by atoms with Gasteiger partial charge < -0.3 is 15.2 Å². The number of esters is 1. The van der Waals surface area contributed by atoms with Crippen LogP contribution >= 0.6 is 0 Å². The molecular formula is C7H13NO3. The smallest absolute Gasteiger partial charge is 0.312 e. The molecule has 1 unspecified atom stereocenters. The van der Waals surface area contributed by atoms with Crippen LogP contribution in [-0.2, 0) is 9.53 Å². The number of carbonyl (C=O) groups is 1. The highest BCUT2D eigenvalue weighted by atomic mass is 16.6. The molecule has 1 aliphatic rings. The van der Waals surface area contributed by atoms with Crippen molar-refractivity contribution in [2.45, 2.75) is 12.8 Å². The Kier molecular flexibility index (Phi) is 3.32. The largest absolute Gasteiger partial charge is 0.438 e. The third kappa shape index (κ3) is 2.48. The fraction of sp³-hybridized carbons (Fsp3) is 0.857. The summed E-state index contributed by atoms with van der Waals surface area (Å²) >= 11 is 0. The fourth-order valence-electron chi connectivity index (χ4n) is 1.23. The van der Waals surface area contributed by atoms with E-state index in [0.717, 1.165) is 19.4 Å². The van der Waals surface area contributed by atoms with Crippen LogP contribution < -0.4 is 5.32 Å². The molecule has 0 spiro atoms. The Bertz CT molecular complexity index is 132. The van der Waals surface area contributed by atoms with E-state index in [1.165, 1.54) is 0 Å². The molecule has 0 aromatic rings. The van der Waals surface area contributed by atoms with Crippen molar-refractivity contribution >= 4 is 5.97 Å². The van der Waals surface area contributed by atoms with Crippen LogP contribution in [0.25, 0.3) is 0 Å². The first kappa shape index (κ1) is 8.49. The quantitative estimate of drug-likeness (QED) is 0.420. The summed E-state index contributed by atoms with van der Waals surface area (Å²) in [5.41, 5.74) is 0. The van der Waals surface area contributed by atoms with E-state index in [1.807, 2.05) is 0 Å². The van der Waals surface area contributed by atoms with Gasteiger partial charge in [0.25, 0.3) is 0 Å². The van der Waals surface area contributed by atoms with Crippen LogP contribution in [0.5, 0.6) is 0 Å². The molecule has 1 aliphatic heterocycles. The highest BCUT2D eigenvalue weighted by Gasteiger charge is 2.21. The van der Waals surface area contributed by atoms with Crippen molar-refractivity contribution < 1.29 is 14.6 Å². The number of hydrogen-bond donors (Lipinski definition) is 2. The van der Waals surface area contributed by atoms with Gasteiger partial charge in [0.1, 0.15) is 0 Å². The number of aliphatic hydroxyl groups is 1. The zero-order valence-electron chi connectivity index (χ0n) is 6.38. The van der Waals surface area contributed by atoms with E-state index < -0.39 is 6.79 Å². The highest BCUT2D eigenvalue weighted by Crippen LogP contribution is 2.10. The summed E-state index contributed by atoms with van der Waals surface area (Å²) < 4.78 is 4.46. The summed E-state index contributed by atoms with van der Waals surface area (Å²) in [6, 6.07) is 0. The molecule has 0 aliphatic carbocycles. The maximum Gasteiger partial charge on any atom is 0.312 e. The molecule has 64 valence electrons. The number of nitrogens with one attached hydrogen (secondary N) is 1. The number of rotatable bonds is 2. The van der Waals surface area contributed by atoms with Gasteiger partial charge in [-0.3, -0.25) is 4.79 Å². The summed E-state index contributed by atoms with van der Waals surface area (Å²) in [7, 11) is 0. The zero-order chi connectivity index (χ0) is 8.10. The lowest BCUT2D eigenvalue weighted by atomic mass is 10.0. The molecule has 0 amide bonds. The van der Waals surface area contributed by atoms with Crippen molar-refractivity contribution in [3.63, 3.8) is 0 Å². The van der Waals surface area contributed by atoms with Crippen molar-refractivity contribution in [3.8, 4) is 0 Å². The minimum atomic E-state index is -0.505. The molecule has 4 heteroatoms. The van der Waals surface area contributed by atoms with Gasteiger partial charge in [-0.05, 0) is 19.4 Å². The second-order valence-electron chi connectivity index (χ2n) is 2.64. The molecule has 11 heavy (non-hydrogen) atoms. The van der Waals surface area contributed by atoms with E-state index in [-0.39, 0.29) is 11.9 Å². The van der Waals surface area contributed by atoms with Crippen LogP contribution in [0.15, 0.2) is 0 Å². The second kappa shape index (κ2) is 4.31. The number of piperidine rings is 1. The van der Waals surface area contributed by atoms with Crippen molar-refractivity contribution in [2.24, 2.45) is 5.92 Å². The monoisotopic (exact) mass is 159 g/mol. The summed E-state index contributed by atoms with van der Waals surface area (Å²) in [6.07, 6.45) is 1.87. The van der Waals surface area contributed by atoms with Gasteiger partial charge in [0.2, 0.25) is 0 Å². The van der Waals surface area contributed by atoms with Gasteiger partial charge >= 0.3 is 5.97 Å². The minimum absolute atomic E-state index is 0.0594. The predicted molar refractivity (Wildman–Crippen MR) is 38.8 cm³/mol. The van der Waals surface area contributed by atoms with Crippen molar-refractivity contribution in [2.75, 3.05) is 19.9 Å². The summed E-state index contributed by atoms with van der Waals surface area (Å²) in [4.78, 5) is 11.0. The zero-order valence-corrected chi connectivity index (χ0v) is 6.38. The Hall–Kier alpha value is -0.610. The Labute approximate surface area is 65.5 Å². The van der Waals surface area contributed by atoms with Crippen molar-refractivity contribution in [1.29, 1.82) is 0 Å². The Morgan fingerprint density at radius 2 is 2.55 bits per heavy atom. The van der Waals surface area contributed by atoms with Crippen LogP contribution in [-0.4, -0.2) is 31.0 Å². The van der Waals surface area contributed by atoms with Crippen LogP contribution in [0.2, 0.25) is 0 Å². The molecule has 0 aromatic heterocycles. The summed E-state index contributed by atoms with van der Waals surface area (Å²) in [5.74, 6) is -0.351. The summed E-state index contributed by atoms with van der Waals surface area (Å²) in [5, 5.41) is 11.4. The Balaban J connectivity index is 2.27. The Morgan fingerprint density at radius 1 is 1.73 bits per heavy atom. The summed E-state index contributed by atoms with van der Waals surface area (Å²) in [6.45, 7) is 1.15. The average Bonchev–Trinajstić information content (AvgIpc) is 2.07. The molecule has 4 nitrogen and oxygen atoms in total. The van der Waals surface area contributed by atoms with E-state index >= 15 is 0 Å². The van der Waals surface area contributed by atoms with E-state index in [0.29, 0.717) is 6.54 Å². The first-order chi connectivity index (χ1) is 5.34. The lowest BCUT2D eigenvalue weighted by Gasteiger charge is -2.20. The predicted octanol–water partition coefficient (Wildman–Crippen LogP) is -0.521. The van der Waals surface area contributed by atoms with Crippen LogP contribution in [0.1, 0.15) is 12.8 Å². The first-order valence-electron chi connectivity index (χ1n) is 3.83. The number of ether oxygens (including phenoxy) is 1. The third-order valence-electron chi connectivity index (χ3n) is 1.84. The van der Waals surface area contributed by atoms with Crippen molar-refractivity contribution in [1.82, 2.24) is 5.32 Å². The van der Waals surface area contributed by atoms with E-state index in [9.17, 15) is 4.79 Å². The van der Waals surface area contributed by atoms with Gasteiger partial charge in [-0.15, -0.1) is 0 Å². The molecular weight excluding hydrogens is 146 g/mol. The van der Waals surface area contributed by atoms with Crippen LogP contribution in [0.4, 0.5) is 0 Å². The molecule has 1 atom stereocenters. The van der Waals surface area contributed by atoms with E-state index in [1.54, 1.807) is 0 Å². The second-order valence-corrected chi connectivity index (χ2v) is 2.64. The molecule has 1 heterocycles. The average molecular weight is 159 g/mol. The van der Waals surface area contributed by atoms with Crippen LogP contribution in [0.3, 0.4) is 0 Å². The maximum atomic E-state index is 11.0. The van der Waals surface area contributed by atoms with E-state index in [4.69, 9.17) is 5.11 Å². The molecule has 1 saturated heterocycles. The number of hydrogen-bond acceptors (Lipinski definition) is 4. The van der Waals surface area contributed by atoms with Gasteiger partial charge in [-0.1, -0.05) is 0 Å². The van der Waals surface area contributed by atoms with Gasteiger partial charge in [-0.25, -0.2) is 0 Å². The first-order valence-corrected chi connectivity index (χ1v) is 3.83. The molecule has 0 radical (unpaired) electrons. The SMILES string of the molecule is O=C(OCO)C1CCCNC1. The lowest BCUT2D eigenvalue weighted by Crippen LogP contribution is -2.35. The van der Waals surface area contributed by atoms with Gasteiger partial charge in [0.15, 0.2) is 6.79 Å². The van der Waals surface area contributed by atoms with Gasteiger partial charge in [0.05, 0.1) is 5.92 Å². The molecule has 1 rings (SSSR count). The van der Waals surface area contributed by atoms with Crippen molar-refractivity contribution in [3.05, 3.63) is 0 Å². The fourth-order valence-corrected chi connectivity index (χ4v) is 1.23. The third-order valence-corrected chi connectivity index (χ3v) is 1.84. The van der Waals surface area contributed by atoms with Gasteiger partial charge in [0, 0.05) is 6.54 Å². The maximum absolute atomic E-state index is 11.0. The minimum Gasteiger partial charge on any atom is -0.438 e. The molecule has 0 saturated carbocycles. The molecule has 2 N–H and O–H groups in total. The van der Waals surface area contributed by atoms with E-state index in [2.05, 4.69) is 10.1 Å².